The summed E-state index contributed by atoms with van der Waals surface area (Å²) in [5, 5.41) is 3.72. The van der Waals surface area contributed by atoms with Gasteiger partial charge in [0.15, 0.2) is 0 Å². The van der Waals surface area contributed by atoms with Gasteiger partial charge in [-0.2, -0.15) is 0 Å². The maximum absolute atomic E-state index is 5.45. The van der Waals surface area contributed by atoms with Gasteiger partial charge in [0.2, 0.25) is 0 Å². The average molecular weight is 256 g/mol. The Bertz CT molecular complexity index is 231. The lowest BCUT2D eigenvalue weighted by Crippen LogP contribution is -2.63. The van der Waals surface area contributed by atoms with Crippen molar-refractivity contribution in [3.63, 3.8) is 0 Å². The molecule has 0 spiro atoms. The van der Waals surface area contributed by atoms with Crippen LogP contribution in [0.2, 0.25) is 0 Å². The normalized spacial score (nSPS) is 26.2. The Morgan fingerprint density at radius 1 is 1.39 bits per heavy atom. The summed E-state index contributed by atoms with van der Waals surface area (Å²) in [6.45, 7) is 16.5. The topological polar surface area (TPSA) is 24.5 Å². The summed E-state index contributed by atoms with van der Waals surface area (Å²) in [6, 6.07) is 0.648. The van der Waals surface area contributed by atoms with Gasteiger partial charge < -0.3 is 10.1 Å². The van der Waals surface area contributed by atoms with Gasteiger partial charge in [-0.05, 0) is 33.1 Å². The summed E-state index contributed by atoms with van der Waals surface area (Å²) in [5.74, 6) is 0.760. The van der Waals surface area contributed by atoms with Crippen molar-refractivity contribution in [1.29, 1.82) is 0 Å². The van der Waals surface area contributed by atoms with Gasteiger partial charge in [-0.1, -0.05) is 20.3 Å². The van der Waals surface area contributed by atoms with E-state index >= 15 is 0 Å². The van der Waals surface area contributed by atoms with Gasteiger partial charge in [-0.25, -0.2) is 0 Å². The third-order valence-corrected chi connectivity index (χ3v) is 4.32. The zero-order valence-corrected chi connectivity index (χ0v) is 13.0. The van der Waals surface area contributed by atoms with Crippen LogP contribution in [0.15, 0.2) is 0 Å². The fourth-order valence-corrected chi connectivity index (χ4v) is 2.60. The molecule has 3 heteroatoms. The number of hydrogen-bond acceptors (Lipinski definition) is 3. The van der Waals surface area contributed by atoms with Crippen LogP contribution >= 0.6 is 0 Å². The number of nitrogens with zero attached hydrogens (tertiary/aromatic N) is 1. The molecule has 1 N–H and O–H groups in total. The fraction of sp³-hybridized carbons (Fsp3) is 1.00. The first-order chi connectivity index (χ1) is 8.51. The molecule has 0 aromatic rings. The van der Waals surface area contributed by atoms with Gasteiger partial charge in [0, 0.05) is 44.4 Å². The maximum atomic E-state index is 5.45. The molecule has 1 heterocycles. The molecule has 108 valence electrons. The second-order valence-corrected chi connectivity index (χ2v) is 6.18. The lowest BCUT2D eigenvalue weighted by molar-refractivity contribution is 0.0408. The molecular weight excluding hydrogens is 224 g/mol. The molecule has 2 unspecified atom stereocenters. The number of rotatable bonds is 7. The highest BCUT2D eigenvalue weighted by Gasteiger charge is 2.34. The Kier molecular flexibility index (Phi) is 6.61. The Morgan fingerprint density at radius 2 is 2.11 bits per heavy atom. The van der Waals surface area contributed by atoms with Crippen LogP contribution in [0.5, 0.6) is 0 Å². The predicted octanol–water partition coefficient (Wildman–Crippen LogP) is 2.51. The average Bonchev–Trinajstić information content (AvgIpc) is 2.35. The molecule has 1 fully saturated rings. The van der Waals surface area contributed by atoms with Crippen LogP contribution in [0.1, 0.15) is 47.5 Å². The van der Waals surface area contributed by atoms with Crippen molar-refractivity contribution in [3.8, 4) is 0 Å². The highest BCUT2D eigenvalue weighted by Crippen LogP contribution is 2.22. The highest BCUT2D eigenvalue weighted by atomic mass is 16.5. The van der Waals surface area contributed by atoms with Crippen molar-refractivity contribution in [1.82, 2.24) is 10.2 Å². The van der Waals surface area contributed by atoms with Crippen LogP contribution in [0.3, 0.4) is 0 Å². The third kappa shape index (κ3) is 4.52. The molecule has 0 saturated carbocycles. The Morgan fingerprint density at radius 3 is 2.72 bits per heavy atom. The Hall–Kier alpha value is -0.120. The second kappa shape index (κ2) is 7.46. The van der Waals surface area contributed by atoms with E-state index in [9.17, 15) is 0 Å². The van der Waals surface area contributed by atoms with Gasteiger partial charge in [0.1, 0.15) is 0 Å². The fourth-order valence-electron chi connectivity index (χ4n) is 2.60. The van der Waals surface area contributed by atoms with Crippen molar-refractivity contribution in [2.24, 2.45) is 5.92 Å². The Balaban J connectivity index is 2.44. The van der Waals surface area contributed by atoms with Crippen molar-refractivity contribution in [2.45, 2.75) is 59.0 Å². The molecule has 1 aliphatic heterocycles. The molecule has 0 bridgehead atoms. The summed E-state index contributed by atoms with van der Waals surface area (Å²) in [6.07, 6.45) is 2.40. The first kappa shape index (κ1) is 15.9. The van der Waals surface area contributed by atoms with Crippen LogP contribution in [0, 0.1) is 5.92 Å². The molecule has 1 saturated heterocycles. The Labute approximate surface area is 113 Å². The zero-order valence-electron chi connectivity index (χ0n) is 13.0. The molecule has 1 aliphatic rings. The van der Waals surface area contributed by atoms with Crippen LogP contribution in [-0.4, -0.2) is 49.3 Å². The van der Waals surface area contributed by atoms with E-state index in [-0.39, 0.29) is 5.54 Å². The van der Waals surface area contributed by atoms with E-state index in [1.165, 1.54) is 13.0 Å². The number of nitrogens with one attached hydrogen (secondary N) is 1. The SMILES string of the molecule is CCOCCCN1CC(C(C)CC)NCC1(C)C. The summed E-state index contributed by atoms with van der Waals surface area (Å²) >= 11 is 0. The van der Waals surface area contributed by atoms with Gasteiger partial charge in [-0.15, -0.1) is 0 Å². The third-order valence-electron chi connectivity index (χ3n) is 4.32. The summed E-state index contributed by atoms with van der Waals surface area (Å²) in [4.78, 5) is 2.64. The lowest BCUT2D eigenvalue weighted by Gasteiger charge is -2.47. The lowest BCUT2D eigenvalue weighted by atomic mass is 9.91. The molecular formula is C15H32N2O. The van der Waals surface area contributed by atoms with Crippen LogP contribution in [0.25, 0.3) is 0 Å². The van der Waals surface area contributed by atoms with Gasteiger partial charge >= 0.3 is 0 Å². The van der Waals surface area contributed by atoms with Crippen LogP contribution < -0.4 is 5.32 Å². The first-order valence-corrected chi connectivity index (χ1v) is 7.57. The van der Waals surface area contributed by atoms with E-state index in [1.54, 1.807) is 0 Å². The molecule has 18 heavy (non-hydrogen) atoms. The molecule has 0 amide bonds. The standard InChI is InChI=1S/C15H32N2O/c1-6-13(3)14-11-17(9-8-10-18-7-2)15(4,5)12-16-14/h13-14,16H,6-12H2,1-5H3. The predicted molar refractivity (Wildman–Crippen MR) is 78.0 cm³/mol. The second-order valence-electron chi connectivity index (χ2n) is 6.18. The zero-order chi connectivity index (χ0) is 13.6. The number of piperazine rings is 1. The van der Waals surface area contributed by atoms with E-state index in [4.69, 9.17) is 4.74 Å². The number of hydrogen-bond donors (Lipinski definition) is 1. The van der Waals surface area contributed by atoms with E-state index in [1.807, 2.05) is 0 Å². The highest BCUT2D eigenvalue weighted by molar-refractivity contribution is 4.94. The molecule has 0 aromatic carbocycles. The molecule has 0 aliphatic carbocycles. The van der Waals surface area contributed by atoms with E-state index in [2.05, 4.69) is 44.8 Å². The minimum atomic E-state index is 0.274. The van der Waals surface area contributed by atoms with E-state index < -0.39 is 0 Å². The largest absolute Gasteiger partial charge is 0.382 e. The minimum absolute atomic E-state index is 0.274. The first-order valence-electron chi connectivity index (χ1n) is 7.57. The summed E-state index contributed by atoms with van der Waals surface area (Å²) < 4.78 is 5.45. The smallest absolute Gasteiger partial charge is 0.0478 e. The quantitative estimate of drug-likeness (QED) is 0.708. The molecule has 0 aromatic heterocycles. The minimum Gasteiger partial charge on any atom is -0.382 e. The van der Waals surface area contributed by atoms with Crippen LogP contribution in [0.4, 0.5) is 0 Å². The molecule has 3 nitrogen and oxygen atoms in total. The maximum Gasteiger partial charge on any atom is 0.0478 e. The summed E-state index contributed by atoms with van der Waals surface area (Å²) in [7, 11) is 0. The molecule has 2 atom stereocenters. The van der Waals surface area contributed by atoms with Crippen molar-refractivity contribution >= 4 is 0 Å². The van der Waals surface area contributed by atoms with Crippen molar-refractivity contribution in [2.75, 3.05) is 32.8 Å². The molecule has 0 radical (unpaired) electrons. The summed E-state index contributed by atoms with van der Waals surface area (Å²) in [5.41, 5.74) is 0.274. The van der Waals surface area contributed by atoms with Gasteiger partial charge in [0.25, 0.3) is 0 Å². The van der Waals surface area contributed by atoms with E-state index in [0.29, 0.717) is 6.04 Å². The van der Waals surface area contributed by atoms with Crippen molar-refractivity contribution in [3.05, 3.63) is 0 Å². The van der Waals surface area contributed by atoms with E-state index in [0.717, 1.165) is 38.6 Å². The van der Waals surface area contributed by atoms with Gasteiger partial charge in [-0.3, -0.25) is 4.90 Å². The monoisotopic (exact) mass is 256 g/mol. The van der Waals surface area contributed by atoms with Crippen LogP contribution in [-0.2, 0) is 4.74 Å². The molecule has 1 rings (SSSR count). The van der Waals surface area contributed by atoms with Crippen molar-refractivity contribution < 1.29 is 4.74 Å². The number of ether oxygens (including phenoxy) is 1. The van der Waals surface area contributed by atoms with Gasteiger partial charge in [0.05, 0.1) is 0 Å².